The summed E-state index contributed by atoms with van der Waals surface area (Å²) in [5.41, 5.74) is 2.60. The molecule has 0 saturated carbocycles. The Balaban J connectivity index is 2.28. The standard InChI is InChI=1S/C14H22N2O/c1-4-12-5-7-13(8-6-12)9-10-15-14(17)16-11(2)3/h5-8,11H,4,9-10H2,1-3H3,(H2,15,16,17). The van der Waals surface area contributed by atoms with Gasteiger partial charge in [-0.05, 0) is 37.8 Å². The molecule has 0 bridgehead atoms. The average molecular weight is 234 g/mol. The molecule has 0 aromatic heterocycles. The van der Waals surface area contributed by atoms with Crippen LogP contribution in [0.3, 0.4) is 0 Å². The summed E-state index contributed by atoms with van der Waals surface area (Å²) in [4.78, 5) is 11.3. The van der Waals surface area contributed by atoms with Crippen LogP contribution in [-0.2, 0) is 12.8 Å². The number of hydrogen-bond acceptors (Lipinski definition) is 1. The molecule has 0 unspecified atom stereocenters. The molecule has 94 valence electrons. The Morgan fingerprint density at radius 3 is 2.29 bits per heavy atom. The van der Waals surface area contributed by atoms with Crippen molar-refractivity contribution in [3.05, 3.63) is 35.4 Å². The summed E-state index contributed by atoms with van der Waals surface area (Å²) < 4.78 is 0. The first-order valence-corrected chi connectivity index (χ1v) is 6.24. The van der Waals surface area contributed by atoms with Gasteiger partial charge in [0.25, 0.3) is 0 Å². The van der Waals surface area contributed by atoms with Crippen molar-refractivity contribution >= 4 is 6.03 Å². The lowest BCUT2D eigenvalue weighted by atomic mass is 10.1. The molecule has 0 aliphatic carbocycles. The van der Waals surface area contributed by atoms with Crippen LogP contribution in [0.2, 0.25) is 0 Å². The van der Waals surface area contributed by atoms with Crippen LogP contribution in [-0.4, -0.2) is 18.6 Å². The molecule has 0 radical (unpaired) electrons. The molecule has 0 heterocycles. The number of aryl methyl sites for hydroxylation is 1. The van der Waals surface area contributed by atoms with E-state index in [-0.39, 0.29) is 12.1 Å². The van der Waals surface area contributed by atoms with Crippen molar-refractivity contribution in [2.24, 2.45) is 0 Å². The van der Waals surface area contributed by atoms with Crippen LogP contribution in [0.4, 0.5) is 4.79 Å². The Morgan fingerprint density at radius 2 is 1.76 bits per heavy atom. The van der Waals surface area contributed by atoms with E-state index < -0.39 is 0 Å². The number of nitrogens with one attached hydrogen (secondary N) is 2. The SMILES string of the molecule is CCc1ccc(CCNC(=O)NC(C)C)cc1. The van der Waals surface area contributed by atoms with Crippen LogP contribution in [0.1, 0.15) is 31.9 Å². The minimum absolute atomic E-state index is 0.0924. The fourth-order valence-corrected chi connectivity index (χ4v) is 1.58. The summed E-state index contributed by atoms with van der Waals surface area (Å²) in [5, 5.41) is 5.64. The van der Waals surface area contributed by atoms with E-state index in [4.69, 9.17) is 0 Å². The molecule has 1 rings (SSSR count). The second-order valence-corrected chi connectivity index (χ2v) is 4.47. The maximum Gasteiger partial charge on any atom is 0.314 e. The van der Waals surface area contributed by atoms with Gasteiger partial charge in [0.1, 0.15) is 0 Å². The maximum atomic E-state index is 11.3. The summed E-state index contributed by atoms with van der Waals surface area (Å²) in [5.74, 6) is 0. The predicted molar refractivity (Wildman–Crippen MR) is 71.2 cm³/mol. The number of benzene rings is 1. The first kappa shape index (κ1) is 13.6. The number of urea groups is 1. The number of hydrogen-bond donors (Lipinski definition) is 2. The average Bonchev–Trinajstić information content (AvgIpc) is 2.29. The molecule has 1 aromatic carbocycles. The highest BCUT2D eigenvalue weighted by Gasteiger charge is 2.01. The molecule has 3 heteroatoms. The Bertz CT molecular complexity index is 344. The lowest BCUT2D eigenvalue weighted by Crippen LogP contribution is -2.40. The number of carbonyl (C=O) groups excluding carboxylic acids is 1. The Kier molecular flexibility index (Phi) is 5.53. The molecule has 3 nitrogen and oxygen atoms in total. The Labute approximate surface area is 104 Å². The third-order valence-corrected chi connectivity index (χ3v) is 2.55. The molecular formula is C14H22N2O. The molecule has 0 aliphatic heterocycles. The molecule has 17 heavy (non-hydrogen) atoms. The van der Waals surface area contributed by atoms with E-state index in [1.54, 1.807) is 0 Å². The molecule has 1 aromatic rings. The van der Waals surface area contributed by atoms with Crippen LogP contribution in [0.15, 0.2) is 24.3 Å². The van der Waals surface area contributed by atoms with E-state index in [1.807, 2.05) is 13.8 Å². The summed E-state index contributed by atoms with van der Waals surface area (Å²) in [6, 6.07) is 8.62. The summed E-state index contributed by atoms with van der Waals surface area (Å²) in [6.07, 6.45) is 1.94. The van der Waals surface area contributed by atoms with Crippen molar-refractivity contribution in [1.29, 1.82) is 0 Å². The lowest BCUT2D eigenvalue weighted by Gasteiger charge is -2.10. The molecule has 0 spiro atoms. The van der Waals surface area contributed by atoms with Crippen LogP contribution in [0, 0.1) is 0 Å². The second-order valence-electron chi connectivity index (χ2n) is 4.47. The first-order valence-electron chi connectivity index (χ1n) is 6.24. The van der Waals surface area contributed by atoms with Crippen molar-refractivity contribution in [2.75, 3.05) is 6.54 Å². The zero-order chi connectivity index (χ0) is 12.7. The van der Waals surface area contributed by atoms with Gasteiger partial charge >= 0.3 is 6.03 Å². The zero-order valence-corrected chi connectivity index (χ0v) is 10.9. The maximum absolute atomic E-state index is 11.3. The van der Waals surface area contributed by atoms with Gasteiger partial charge < -0.3 is 10.6 Å². The molecule has 0 aliphatic rings. The summed E-state index contributed by atoms with van der Waals surface area (Å²) in [7, 11) is 0. The lowest BCUT2D eigenvalue weighted by molar-refractivity contribution is 0.238. The van der Waals surface area contributed by atoms with Gasteiger partial charge in [-0.3, -0.25) is 0 Å². The third-order valence-electron chi connectivity index (χ3n) is 2.55. The molecular weight excluding hydrogens is 212 g/mol. The van der Waals surface area contributed by atoms with E-state index in [0.717, 1.165) is 12.8 Å². The van der Waals surface area contributed by atoms with Gasteiger partial charge in [0.15, 0.2) is 0 Å². The van der Waals surface area contributed by atoms with Crippen molar-refractivity contribution in [2.45, 2.75) is 39.7 Å². The van der Waals surface area contributed by atoms with Crippen molar-refractivity contribution < 1.29 is 4.79 Å². The minimum atomic E-state index is -0.0924. The highest BCUT2D eigenvalue weighted by molar-refractivity contribution is 5.74. The van der Waals surface area contributed by atoms with Crippen LogP contribution < -0.4 is 10.6 Å². The van der Waals surface area contributed by atoms with Crippen molar-refractivity contribution in [1.82, 2.24) is 10.6 Å². The van der Waals surface area contributed by atoms with E-state index in [2.05, 4.69) is 41.8 Å². The highest BCUT2D eigenvalue weighted by atomic mass is 16.2. The van der Waals surface area contributed by atoms with Gasteiger partial charge in [0.05, 0.1) is 0 Å². The summed E-state index contributed by atoms with van der Waals surface area (Å²) in [6.45, 7) is 6.71. The molecule has 2 amide bonds. The van der Waals surface area contributed by atoms with E-state index in [9.17, 15) is 4.79 Å². The van der Waals surface area contributed by atoms with Crippen LogP contribution >= 0.6 is 0 Å². The molecule has 0 saturated heterocycles. The largest absolute Gasteiger partial charge is 0.338 e. The number of carbonyl (C=O) groups is 1. The van der Waals surface area contributed by atoms with Crippen molar-refractivity contribution in [3.8, 4) is 0 Å². The molecule has 2 N–H and O–H groups in total. The molecule has 0 fully saturated rings. The highest BCUT2D eigenvalue weighted by Crippen LogP contribution is 2.05. The number of amides is 2. The zero-order valence-electron chi connectivity index (χ0n) is 10.9. The molecule has 0 atom stereocenters. The quantitative estimate of drug-likeness (QED) is 0.807. The Morgan fingerprint density at radius 1 is 1.18 bits per heavy atom. The van der Waals surface area contributed by atoms with Gasteiger partial charge in [-0.1, -0.05) is 31.2 Å². The smallest absolute Gasteiger partial charge is 0.314 e. The first-order chi connectivity index (χ1) is 8.11. The van der Waals surface area contributed by atoms with E-state index >= 15 is 0 Å². The Hall–Kier alpha value is -1.51. The fourth-order valence-electron chi connectivity index (χ4n) is 1.58. The minimum Gasteiger partial charge on any atom is -0.338 e. The monoisotopic (exact) mass is 234 g/mol. The fraction of sp³-hybridized carbons (Fsp3) is 0.500. The van der Waals surface area contributed by atoms with Gasteiger partial charge in [-0.15, -0.1) is 0 Å². The van der Waals surface area contributed by atoms with Gasteiger partial charge in [0, 0.05) is 12.6 Å². The van der Waals surface area contributed by atoms with Crippen molar-refractivity contribution in [3.63, 3.8) is 0 Å². The number of rotatable bonds is 5. The van der Waals surface area contributed by atoms with Crippen LogP contribution in [0.5, 0.6) is 0 Å². The van der Waals surface area contributed by atoms with Crippen LogP contribution in [0.25, 0.3) is 0 Å². The van der Waals surface area contributed by atoms with Gasteiger partial charge in [-0.2, -0.15) is 0 Å². The summed E-state index contributed by atoms with van der Waals surface area (Å²) >= 11 is 0. The normalized spacial score (nSPS) is 10.4. The van der Waals surface area contributed by atoms with Gasteiger partial charge in [-0.25, -0.2) is 4.79 Å². The third kappa shape index (κ3) is 5.38. The van der Waals surface area contributed by atoms with E-state index in [1.165, 1.54) is 11.1 Å². The second kappa shape index (κ2) is 6.94. The van der Waals surface area contributed by atoms with Gasteiger partial charge in [0.2, 0.25) is 0 Å². The predicted octanol–water partition coefficient (Wildman–Crippen LogP) is 2.50. The topological polar surface area (TPSA) is 41.1 Å². The van der Waals surface area contributed by atoms with E-state index in [0.29, 0.717) is 6.54 Å².